The minimum absolute atomic E-state index is 0.653. The second kappa shape index (κ2) is 8.05. The van der Waals surface area contributed by atoms with Gasteiger partial charge >= 0.3 is 0 Å². The Morgan fingerprint density at radius 3 is 2.77 bits per heavy atom. The van der Waals surface area contributed by atoms with Gasteiger partial charge in [-0.05, 0) is 60.1 Å². The number of fused-ring (bicyclic) bond motifs is 1. The fourth-order valence-electron chi connectivity index (χ4n) is 4.41. The summed E-state index contributed by atoms with van der Waals surface area (Å²) >= 11 is 0. The van der Waals surface area contributed by atoms with Crippen LogP contribution in [-0.4, -0.2) is 16.0 Å². The summed E-state index contributed by atoms with van der Waals surface area (Å²) in [4.78, 5) is 7.51. The van der Waals surface area contributed by atoms with Crippen LogP contribution in [0.1, 0.15) is 51.0 Å². The molecule has 0 amide bonds. The Morgan fingerprint density at radius 2 is 1.92 bits per heavy atom. The van der Waals surface area contributed by atoms with Crippen molar-refractivity contribution in [1.82, 2.24) is 15.3 Å². The summed E-state index contributed by atoms with van der Waals surface area (Å²) < 4.78 is 0. The number of imidazole rings is 1. The molecule has 1 aliphatic carbocycles. The zero-order valence-electron chi connectivity index (χ0n) is 15.7. The molecule has 1 aliphatic rings. The standard InChI is InChI=1S/C23H29N3/c1-2-21(18-8-4-3-5-9-18)24-15-17-7-6-10-19(13-17)20-11-12-22-23(14-20)26-16-25-22/h6-7,10-14,16,18,21,24H,2-5,8-9,15H2,1H3,(H,25,26)/t21-/m0/s1. The van der Waals surface area contributed by atoms with Crippen LogP contribution in [0.25, 0.3) is 22.2 Å². The van der Waals surface area contributed by atoms with Crippen LogP contribution >= 0.6 is 0 Å². The van der Waals surface area contributed by atoms with Gasteiger partial charge in [0.15, 0.2) is 0 Å². The molecule has 1 fully saturated rings. The Balaban J connectivity index is 1.46. The third kappa shape index (κ3) is 3.83. The number of H-pyrrole nitrogens is 1. The smallest absolute Gasteiger partial charge is 0.0931 e. The van der Waals surface area contributed by atoms with Gasteiger partial charge in [-0.25, -0.2) is 4.98 Å². The van der Waals surface area contributed by atoms with Gasteiger partial charge in [0.05, 0.1) is 17.4 Å². The van der Waals surface area contributed by atoms with Crippen LogP contribution < -0.4 is 5.32 Å². The van der Waals surface area contributed by atoms with Crippen LogP contribution in [0.3, 0.4) is 0 Å². The minimum Gasteiger partial charge on any atom is -0.345 e. The maximum absolute atomic E-state index is 4.31. The minimum atomic E-state index is 0.653. The largest absolute Gasteiger partial charge is 0.345 e. The molecule has 1 heterocycles. The van der Waals surface area contributed by atoms with Crippen LogP contribution in [-0.2, 0) is 6.54 Å². The molecule has 0 saturated heterocycles. The third-order valence-corrected chi connectivity index (χ3v) is 5.91. The molecule has 2 N–H and O–H groups in total. The maximum atomic E-state index is 4.31. The van der Waals surface area contributed by atoms with Crippen molar-refractivity contribution in [3.8, 4) is 11.1 Å². The summed E-state index contributed by atoms with van der Waals surface area (Å²) in [6.45, 7) is 3.28. The summed E-state index contributed by atoms with van der Waals surface area (Å²) in [5.74, 6) is 0.861. The lowest BCUT2D eigenvalue weighted by molar-refractivity contribution is 0.262. The molecule has 2 aromatic carbocycles. The van der Waals surface area contributed by atoms with Gasteiger partial charge in [-0.1, -0.05) is 50.5 Å². The predicted molar refractivity (Wildman–Crippen MR) is 109 cm³/mol. The van der Waals surface area contributed by atoms with E-state index in [-0.39, 0.29) is 0 Å². The summed E-state index contributed by atoms with van der Waals surface area (Å²) in [6.07, 6.45) is 10.0. The van der Waals surface area contributed by atoms with Crippen molar-refractivity contribution < 1.29 is 0 Å². The first-order valence-corrected chi connectivity index (χ1v) is 10.1. The highest BCUT2D eigenvalue weighted by Crippen LogP contribution is 2.28. The van der Waals surface area contributed by atoms with Crippen molar-refractivity contribution in [2.75, 3.05) is 0 Å². The van der Waals surface area contributed by atoms with Crippen LogP contribution in [0, 0.1) is 5.92 Å². The number of benzene rings is 2. The molecule has 26 heavy (non-hydrogen) atoms. The lowest BCUT2D eigenvalue weighted by atomic mass is 9.83. The van der Waals surface area contributed by atoms with E-state index in [9.17, 15) is 0 Å². The molecule has 0 radical (unpaired) electrons. The number of aromatic amines is 1. The lowest BCUT2D eigenvalue weighted by Gasteiger charge is -2.30. The van der Waals surface area contributed by atoms with Crippen molar-refractivity contribution >= 4 is 11.0 Å². The lowest BCUT2D eigenvalue weighted by Crippen LogP contribution is -2.36. The summed E-state index contributed by atoms with van der Waals surface area (Å²) in [5, 5.41) is 3.84. The van der Waals surface area contributed by atoms with E-state index in [1.807, 2.05) is 0 Å². The molecule has 1 atom stereocenters. The number of rotatable bonds is 6. The third-order valence-electron chi connectivity index (χ3n) is 5.91. The van der Waals surface area contributed by atoms with Gasteiger partial charge in [0.25, 0.3) is 0 Å². The van der Waals surface area contributed by atoms with E-state index in [0.717, 1.165) is 23.5 Å². The molecule has 3 nitrogen and oxygen atoms in total. The van der Waals surface area contributed by atoms with Crippen LogP contribution in [0.15, 0.2) is 48.8 Å². The SMILES string of the molecule is CC[C@H](NCc1cccc(-c2ccc3nc[nH]c3c2)c1)C1CCCCC1. The molecule has 136 valence electrons. The zero-order chi connectivity index (χ0) is 17.8. The summed E-state index contributed by atoms with van der Waals surface area (Å²) in [5.41, 5.74) is 5.98. The van der Waals surface area contributed by atoms with Crippen molar-refractivity contribution in [3.05, 3.63) is 54.4 Å². The fourth-order valence-corrected chi connectivity index (χ4v) is 4.41. The topological polar surface area (TPSA) is 40.7 Å². The Kier molecular flexibility index (Phi) is 5.35. The van der Waals surface area contributed by atoms with Gasteiger partial charge in [-0.15, -0.1) is 0 Å². The molecule has 0 aliphatic heterocycles. The summed E-state index contributed by atoms with van der Waals surface area (Å²) in [6, 6.07) is 16.0. The molecule has 1 saturated carbocycles. The molecule has 1 aromatic heterocycles. The van der Waals surface area contributed by atoms with Gasteiger partial charge in [-0.3, -0.25) is 0 Å². The predicted octanol–water partition coefficient (Wildman–Crippen LogP) is 5.68. The quantitative estimate of drug-likeness (QED) is 0.602. The van der Waals surface area contributed by atoms with E-state index in [0.29, 0.717) is 6.04 Å². The fraction of sp³-hybridized carbons (Fsp3) is 0.435. The number of nitrogens with one attached hydrogen (secondary N) is 2. The van der Waals surface area contributed by atoms with Gasteiger partial charge in [0.2, 0.25) is 0 Å². The monoisotopic (exact) mass is 347 g/mol. The van der Waals surface area contributed by atoms with Crippen molar-refractivity contribution in [2.45, 2.75) is 58.0 Å². The van der Waals surface area contributed by atoms with Crippen LogP contribution in [0.4, 0.5) is 0 Å². The molecule has 4 rings (SSSR count). The van der Waals surface area contributed by atoms with Gasteiger partial charge in [0, 0.05) is 12.6 Å². The highest BCUT2D eigenvalue weighted by atomic mass is 14.9. The first-order valence-electron chi connectivity index (χ1n) is 10.1. The van der Waals surface area contributed by atoms with E-state index in [4.69, 9.17) is 0 Å². The molecule has 3 heteroatoms. The van der Waals surface area contributed by atoms with Crippen molar-refractivity contribution in [2.24, 2.45) is 5.92 Å². The number of hydrogen-bond donors (Lipinski definition) is 2. The highest BCUT2D eigenvalue weighted by molar-refractivity contribution is 5.81. The molecule has 0 spiro atoms. The second-order valence-electron chi connectivity index (χ2n) is 7.63. The first-order chi connectivity index (χ1) is 12.8. The average Bonchev–Trinajstić information content (AvgIpc) is 3.17. The van der Waals surface area contributed by atoms with Crippen molar-refractivity contribution in [3.63, 3.8) is 0 Å². The Hall–Kier alpha value is -2.13. The summed E-state index contributed by atoms with van der Waals surface area (Å²) in [7, 11) is 0. The van der Waals surface area contributed by atoms with E-state index in [1.165, 1.54) is 55.2 Å². The highest BCUT2D eigenvalue weighted by Gasteiger charge is 2.21. The second-order valence-corrected chi connectivity index (χ2v) is 7.63. The van der Waals surface area contributed by atoms with Crippen molar-refractivity contribution in [1.29, 1.82) is 0 Å². The molecular formula is C23H29N3. The Bertz CT molecular complexity index is 845. The van der Waals surface area contributed by atoms with Gasteiger partial charge < -0.3 is 10.3 Å². The molecule has 3 aromatic rings. The average molecular weight is 348 g/mol. The maximum Gasteiger partial charge on any atom is 0.0931 e. The first kappa shape index (κ1) is 17.3. The normalized spacial score (nSPS) is 16.8. The number of hydrogen-bond acceptors (Lipinski definition) is 2. The number of nitrogens with zero attached hydrogens (tertiary/aromatic N) is 1. The van der Waals surface area contributed by atoms with Gasteiger partial charge in [-0.2, -0.15) is 0 Å². The van der Waals surface area contributed by atoms with Crippen LogP contribution in [0.2, 0.25) is 0 Å². The molecule has 0 unspecified atom stereocenters. The zero-order valence-corrected chi connectivity index (χ0v) is 15.7. The molecule has 0 bridgehead atoms. The molecular weight excluding hydrogens is 318 g/mol. The van der Waals surface area contributed by atoms with E-state index < -0.39 is 0 Å². The number of aromatic nitrogens is 2. The van der Waals surface area contributed by atoms with Crippen LogP contribution in [0.5, 0.6) is 0 Å². The van der Waals surface area contributed by atoms with Gasteiger partial charge in [0.1, 0.15) is 0 Å². The Morgan fingerprint density at radius 1 is 1.08 bits per heavy atom. The van der Waals surface area contributed by atoms with E-state index in [1.54, 1.807) is 6.33 Å². The van der Waals surface area contributed by atoms with E-state index >= 15 is 0 Å². The van der Waals surface area contributed by atoms with E-state index in [2.05, 4.69) is 64.7 Å². The Labute approximate surface area is 156 Å².